The summed E-state index contributed by atoms with van der Waals surface area (Å²) in [5, 5.41) is 10.9. The van der Waals surface area contributed by atoms with Gasteiger partial charge in [0.25, 0.3) is 5.91 Å². The normalized spacial score (nSPS) is 9.67. The molecule has 4 nitrogen and oxygen atoms in total. The van der Waals surface area contributed by atoms with Gasteiger partial charge < -0.3 is 10.4 Å². The number of carbonyl (C=O) groups excluding carboxylic acids is 1. The number of hydrogen-bond acceptors (Lipinski definition) is 2. The van der Waals surface area contributed by atoms with E-state index in [-0.39, 0.29) is 18.9 Å². The van der Waals surface area contributed by atoms with E-state index in [0.29, 0.717) is 5.56 Å². The van der Waals surface area contributed by atoms with E-state index in [1.54, 1.807) is 12.1 Å². The van der Waals surface area contributed by atoms with Gasteiger partial charge in [0.05, 0.1) is 6.42 Å². The minimum Gasteiger partial charge on any atom is -0.481 e. The molecular weight excluding hydrogens is 194 g/mol. The zero-order valence-electron chi connectivity index (χ0n) is 8.49. The van der Waals surface area contributed by atoms with Crippen molar-refractivity contribution in [3.63, 3.8) is 0 Å². The summed E-state index contributed by atoms with van der Waals surface area (Å²) in [6.45, 7) is 2.09. The molecule has 0 spiro atoms. The number of aliphatic carboxylic acids is 1. The van der Waals surface area contributed by atoms with Crippen LogP contribution in [0.4, 0.5) is 0 Å². The predicted octanol–water partition coefficient (Wildman–Crippen LogP) is 1.20. The van der Waals surface area contributed by atoms with Crippen molar-refractivity contribution in [2.24, 2.45) is 0 Å². The van der Waals surface area contributed by atoms with Crippen LogP contribution in [0.2, 0.25) is 0 Å². The van der Waals surface area contributed by atoms with Crippen molar-refractivity contribution in [3.8, 4) is 0 Å². The highest BCUT2D eigenvalue weighted by molar-refractivity contribution is 5.94. The second kappa shape index (κ2) is 5.14. The summed E-state index contributed by atoms with van der Waals surface area (Å²) in [5.74, 6) is -1.16. The van der Waals surface area contributed by atoms with Crippen LogP contribution in [-0.2, 0) is 4.79 Å². The van der Waals surface area contributed by atoms with Crippen molar-refractivity contribution < 1.29 is 14.7 Å². The molecule has 2 N–H and O–H groups in total. The summed E-state index contributed by atoms with van der Waals surface area (Å²) in [6, 6.07) is 7.11. The second-order valence-electron chi connectivity index (χ2n) is 3.27. The van der Waals surface area contributed by atoms with Crippen LogP contribution in [0.3, 0.4) is 0 Å². The van der Waals surface area contributed by atoms with Gasteiger partial charge in [0.2, 0.25) is 0 Å². The Labute approximate surface area is 87.9 Å². The highest BCUT2D eigenvalue weighted by Gasteiger charge is 2.04. The third-order valence-electron chi connectivity index (χ3n) is 1.94. The fourth-order valence-corrected chi connectivity index (χ4v) is 1.09. The molecule has 80 valence electrons. The third-order valence-corrected chi connectivity index (χ3v) is 1.94. The number of amides is 1. The van der Waals surface area contributed by atoms with Crippen LogP contribution >= 0.6 is 0 Å². The summed E-state index contributed by atoms with van der Waals surface area (Å²) in [4.78, 5) is 21.6. The summed E-state index contributed by atoms with van der Waals surface area (Å²) in [6.07, 6.45) is -0.0579. The fourth-order valence-electron chi connectivity index (χ4n) is 1.09. The first-order valence-electron chi connectivity index (χ1n) is 4.66. The number of rotatable bonds is 4. The van der Waals surface area contributed by atoms with Gasteiger partial charge in [-0.25, -0.2) is 0 Å². The van der Waals surface area contributed by atoms with Gasteiger partial charge in [-0.3, -0.25) is 9.59 Å². The Kier molecular flexibility index (Phi) is 3.85. The third kappa shape index (κ3) is 3.81. The quantitative estimate of drug-likeness (QED) is 0.779. The molecule has 0 fully saturated rings. The van der Waals surface area contributed by atoms with Crippen molar-refractivity contribution in [3.05, 3.63) is 35.4 Å². The highest BCUT2D eigenvalue weighted by Crippen LogP contribution is 2.02. The maximum atomic E-state index is 11.4. The standard InChI is InChI=1S/C11H13NO3/c1-8-2-4-9(5-3-8)11(15)12-7-6-10(13)14/h2-5H,6-7H2,1H3,(H,12,15)(H,13,14). The van der Waals surface area contributed by atoms with Crippen LogP contribution in [0.25, 0.3) is 0 Å². The lowest BCUT2D eigenvalue weighted by molar-refractivity contribution is -0.136. The lowest BCUT2D eigenvalue weighted by Gasteiger charge is -2.03. The molecule has 0 bridgehead atoms. The Hall–Kier alpha value is -1.84. The van der Waals surface area contributed by atoms with Gasteiger partial charge in [0.1, 0.15) is 0 Å². The average molecular weight is 207 g/mol. The first-order chi connectivity index (χ1) is 7.09. The van der Waals surface area contributed by atoms with Crippen LogP contribution in [-0.4, -0.2) is 23.5 Å². The SMILES string of the molecule is Cc1ccc(C(=O)NCCC(=O)O)cc1. The number of carboxylic acid groups (broad SMARTS) is 1. The molecule has 1 amide bonds. The van der Waals surface area contributed by atoms with Gasteiger partial charge >= 0.3 is 5.97 Å². The van der Waals surface area contributed by atoms with E-state index >= 15 is 0 Å². The molecule has 0 radical (unpaired) electrons. The maximum Gasteiger partial charge on any atom is 0.305 e. The molecule has 0 aromatic heterocycles. The van der Waals surface area contributed by atoms with Crippen molar-refractivity contribution in [1.29, 1.82) is 0 Å². The molecule has 0 aliphatic rings. The Bertz CT molecular complexity index is 357. The summed E-state index contributed by atoms with van der Waals surface area (Å²) in [7, 11) is 0. The zero-order valence-corrected chi connectivity index (χ0v) is 8.49. The Morgan fingerprint density at radius 1 is 1.27 bits per heavy atom. The van der Waals surface area contributed by atoms with Crippen LogP contribution in [0.1, 0.15) is 22.3 Å². The first kappa shape index (κ1) is 11.2. The molecule has 0 saturated heterocycles. The van der Waals surface area contributed by atoms with Crippen molar-refractivity contribution >= 4 is 11.9 Å². The van der Waals surface area contributed by atoms with E-state index in [9.17, 15) is 9.59 Å². The van der Waals surface area contributed by atoms with E-state index < -0.39 is 5.97 Å². The van der Waals surface area contributed by atoms with E-state index in [0.717, 1.165) is 5.56 Å². The molecule has 0 atom stereocenters. The molecule has 1 aromatic rings. The van der Waals surface area contributed by atoms with E-state index in [2.05, 4.69) is 5.32 Å². The minimum atomic E-state index is -0.917. The van der Waals surface area contributed by atoms with Crippen molar-refractivity contribution in [2.45, 2.75) is 13.3 Å². The summed E-state index contributed by atoms with van der Waals surface area (Å²) >= 11 is 0. The van der Waals surface area contributed by atoms with E-state index in [1.165, 1.54) is 0 Å². The molecule has 4 heteroatoms. The van der Waals surface area contributed by atoms with Gasteiger partial charge in [-0.1, -0.05) is 17.7 Å². The molecule has 0 aliphatic carbocycles. The summed E-state index contributed by atoms with van der Waals surface area (Å²) < 4.78 is 0. The molecule has 1 rings (SSSR count). The monoisotopic (exact) mass is 207 g/mol. The van der Waals surface area contributed by atoms with Crippen LogP contribution < -0.4 is 5.32 Å². The Balaban J connectivity index is 2.47. The van der Waals surface area contributed by atoms with E-state index in [1.807, 2.05) is 19.1 Å². The number of carboxylic acids is 1. The van der Waals surface area contributed by atoms with E-state index in [4.69, 9.17) is 5.11 Å². The summed E-state index contributed by atoms with van der Waals surface area (Å²) in [5.41, 5.74) is 1.63. The number of aryl methyl sites for hydroxylation is 1. The fraction of sp³-hybridized carbons (Fsp3) is 0.273. The molecule has 15 heavy (non-hydrogen) atoms. The number of benzene rings is 1. The molecular formula is C11H13NO3. The molecule has 0 saturated carbocycles. The molecule has 0 heterocycles. The van der Waals surface area contributed by atoms with Gasteiger partial charge in [-0.05, 0) is 19.1 Å². The lowest BCUT2D eigenvalue weighted by atomic mass is 10.1. The van der Waals surface area contributed by atoms with Crippen molar-refractivity contribution in [1.82, 2.24) is 5.32 Å². The predicted molar refractivity (Wildman–Crippen MR) is 55.8 cm³/mol. The maximum absolute atomic E-state index is 11.4. The highest BCUT2D eigenvalue weighted by atomic mass is 16.4. The smallest absolute Gasteiger partial charge is 0.305 e. The number of nitrogens with one attached hydrogen (secondary N) is 1. The Morgan fingerprint density at radius 2 is 1.87 bits per heavy atom. The molecule has 0 unspecified atom stereocenters. The molecule has 0 aliphatic heterocycles. The van der Waals surface area contributed by atoms with Gasteiger partial charge in [0, 0.05) is 12.1 Å². The average Bonchev–Trinajstić information content (AvgIpc) is 2.18. The minimum absolute atomic E-state index is 0.0579. The Morgan fingerprint density at radius 3 is 2.40 bits per heavy atom. The number of hydrogen-bond donors (Lipinski definition) is 2. The number of carbonyl (C=O) groups is 2. The first-order valence-corrected chi connectivity index (χ1v) is 4.66. The largest absolute Gasteiger partial charge is 0.481 e. The zero-order chi connectivity index (χ0) is 11.3. The topological polar surface area (TPSA) is 66.4 Å². The van der Waals surface area contributed by atoms with Crippen LogP contribution in [0.5, 0.6) is 0 Å². The lowest BCUT2D eigenvalue weighted by Crippen LogP contribution is -2.25. The van der Waals surface area contributed by atoms with Crippen LogP contribution in [0.15, 0.2) is 24.3 Å². The van der Waals surface area contributed by atoms with Crippen LogP contribution in [0, 0.1) is 6.92 Å². The van der Waals surface area contributed by atoms with Crippen molar-refractivity contribution in [2.75, 3.05) is 6.54 Å². The molecule has 1 aromatic carbocycles. The van der Waals surface area contributed by atoms with Gasteiger partial charge in [-0.2, -0.15) is 0 Å². The second-order valence-corrected chi connectivity index (χ2v) is 3.27. The van der Waals surface area contributed by atoms with Gasteiger partial charge in [-0.15, -0.1) is 0 Å². The van der Waals surface area contributed by atoms with Gasteiger partial charge in [0.15, 0.2) is 0 Å².